The Bertz CT molecular complexity index is 807. The van der Waals surface area contributed by atoms with E-state index < -0.39 is 0 Å². The Morgan fingerprint density at radius 3 is 2.85 bits per heavy atom. The molecule has 3 amide bonds. The average molecular weight is 367 g/mol. The summed E-state index contributed by atoms with van der Waals surface area (Å²) < 4.78 is 5.68. The molecule has 6 nitrogen and oxygen atoms in total. The van der Waals surface area contributed by atoms with E-state index in [0.29, 0.717) is 24.5 Å². The molecular formula is C21H25N3O3. The van der Waals surface area contributed by atoms with Crippen LogP contribution in [-0.2, 0) is 11.2 Å². The normalized spacial score (nSPS) is 12.9. The topological polar surface area (TPSA) is 70.7 Å². The van der Waals surface area contributed by atoms with E-state index in [1.54, 1.807) is 29.2 Å². The minimum absolute atomic E-state index is 0.0418. The van der Waals surface area contributed by atoms with Crippen LogP contribution in [0.1, 0.15) is 25.3 Å². The number of anilines is 2. The molecule has 1 heterocycles. The molecule has 27 heavy (non-hydrogen) atoms. The minimum atomic E-state index is -0.255. The number of carbonyl (C=O) groups is 2. The van der Waals surface area contributed by atoms with Crippen LogP contribution in [0.5, 0.6) is 5.75 Å². The van der Waals surface area contributed by atoms with Gasteiger partial charge >= 0.3 is 6.03 Å². The van der Waals surface area contributed by atoms with E-state index in [-0.39, 0.29) is 18.5 Å². The third-order valence-corrected chi connectivity index (χ3v) is 4.40. The molecule has 0 aromatic heterocycles. The molecule has 0 fully saturated rings. The summed E-state index contributed by atoms with van der Waals surface area (Å²) in [6.45, 7) is 3.28. The van der Waals surface area contributed by atoms with Crippen molar-refractivity contribution in [3.05, 3.63) is 54.1 Å². The van der Waals surface area contributed by atoms with Crippen molar-refractivity contribution in [3.63, 3.8) is 0 Å². The molecule has 1 aliphatic rings. The molecule has 3 rings (SSSR count). The van der Waals surface area contributed by atoms with Crippen LogP contribution in [-0.4, -0.2) is 31.6 Å². The second-order valence-electron chi connectivity index (χ2n) is 6.48. The summed E-state index contributed by atoms with van der Waals surface area (Å²) in [4.78, 5) is 26.2. The fourth-order valence-electron chi connectivity index (χ4n) is 3.09. The Balaban J connectivity index is 1.58. The third-order valence-electron chi connectivity index (χ3n) is 4.40. The maximum absolute atomic E-state index is 12.6. The first-order valence-corrected chi connectivity index (χ1v) is 9.33. The molecule has 0 atom stereocenters. The summed E-state index contributed by atoms with van der Waals surface area (Å²) in [6.07, 6.45) is 2.82. The standard InChI is InChI=1S/C21H25N3O3/c1-2-12-22-21(26)23-17-9-5-10-18(14-17)27-15-20(25)24-13-6-8-16-7-3-4-11-19(16)24/h3-5,7,9-11,14H,2,6,8,12-13,15H2,1H3,(H2,22,23,26). The minimum Gasteiger partial charge on any atom is -0.484 e. The van der Waals surface area contributed by atoms with Crippen molar-refractivity contribution in [1.29, 1.82) is 0 Å². The quantitative estimate of drug-likeness (QED) is 0.820. The van der Waals surface area contributed by atoms with Crippen molar-refractivity contribution in [3.8, 4) is 5.75 Å². The van der Waals surface area contributed by atoms with Crippen LogP contribution < -0.4 is 20.3 Å². The van der Waals surface area contributed by atoms with E-state index in [9.17, 15) is 9.59 Å². The van der Waals surface area contributed by atoms with Gasteiger partial charge in [-0.1, -0.05) is 31.2 Å². The summed E-state index contributed by atoms with van der Waals surface area (Å²) >= 11 is 0. The number of amides is 3. The monoisotopic (exact) mass is 367 g/mol. The highest BCUT2D eigenvalue weighted by Crippen LogP contribution is 2.27. The van der Waals surface area contributed by atoms with Gasteiger partial charge in [-0.2, -0.15) is 0 Å². The first kappa shape index (κ1) is 18.8. The van der Waals surface area contributed by atoms with Gasteiger partial charge in [0.1, 0.15) is 5.75 Å². The largest absolute Gasteiger partial charge is 0.484 e. The molecule has 6 heteroatoms. The Morgan fingerprint density at radius 1 is 1.15 bits per heavy atom. The Morgan fingerprint density at radius 2 is 2.00 bits per heavy atom. The molecule has 2 aromatic carbocycles. The molecule has 0 spiro atoms. The predicted molar refractivity (Wildman–Crippen MR) is 106 cm³/mol. The van der Waals surface area contributed by atoms with Gasteiger partial charge in [-0.05, 0) is 43.0 Å². The fourth-order valence-corrected chi connectivity index (χ4v) is 3.09. The summed E-state index contributed by atoms with van der Waals surface area (Å²) in [5.41, 5.74) is 2.79. The van der Waals surface area contributed by atoms with Crippen LogP contribution in [0.25, 0.3) is 0 Å². The molecule has 0 aliphatic carbocycles. The lowest BCUT2D eigenvalue weighted by atomic mass is 10.0. The van der Waals surface area contributed by atoms with Crippen LogP contribution >= 0.6 is 0 Å². The van der Waals surface area contributed by atoms with Gasteiger partial charge < -0.3 is 20.3 Å². The molecule has 0 bridgehead atoms. The van der Waals surface area contributed by atoms with Gasteiger partial charge in [0.25, 0.3) is 5.91 Å². The smallest absolute Gasteiger partial charge is 0.319 e. The van der Waals surface area contributed by atoms with Gasteiger partial charge in [0, 0.05) is 30.5 Å². The number of urea groups is 1. The third kappa shape index (κ3) is 5.00. The van der Waals surface area contributed by atoms with Gasteiger partial charge in [-0.15, -0.1) is 0 Å². The number of nitrogens with zero attached hydrogens (tertiary/aromatic N) is 1. The number of para-hydroxylation sites is 1. The van der Waals surface area contributed by atoms with E-state index in [1.165, 1.54) is 5.56 Å². The highest BCUT2D eigenvalue weighted by atomic mass is 16.5. The van der Waals surface area contributed by atoms with Gasteiger partial charge in [0.05, 0.1) is 0 Å². The number of fused-ring (bicyclic) bond motifs is 1. The lowest BCUT2D eigenvalue weighted by molar-refractivity contribution is -0.120. The van der Waals surface area contributed by atoms with Crippen LogP contribution in [0.4, 0.5) is 16.2 Å². The van der Waals surface area contributed by atoms with Crippen molar-refractivity contribution in [2.45, 2.75) is 26.2 Å². The first-order chi connectivity index (χ1) is 13.2. The molecule has 2 N–H and O–H groups in total. The summed E-state index contributed by atoms with van der Waals surface area (Å²) in [6, 6.07) is 14.8. The van der Waals surface area contributed by atoms with E-state index in [0.717, 1.165) is 24.9 Å². The SMILES string of the molecule is CCCNC(=O)Nc1cccc(OCC(=O)N2CCCc3ccccc32)c1. The first-order valence-electron chi connectivity index (χ1n) is 9.33. The van der Waals surface area contributed by atoms with E-state index in [2.05, 4.69) is 16.7 Å². The van der Waals surface area contributed by atoms with Crippen LogP contribution in [0.15, 0.2) is 48.5 Å². The number of ether oxygens (including phenoxy) is 1. The predicted octanol–water partition coefficient (Wildman–Crippen LogP) is 3.58. The van der Waals surface area contributed by atoms with Gasteiger partial charge in [-0.25, -0.2) is 4.79 Å². The zero-order chi connectivity index (χ0) is 19.1. The van der Waals surface area contributed by atoms with E-state index in [4.69, 9.17) is 4.74 Å². The number of nitrogens with one attached hydrogen (secondary N) is 2. The molecule has 1 aliphatic heterocycles. The van der Waals surface area contributed by atoms with Crippen molar-refractivity contribution < 1.29 is 14.3 Å². The van der Waals surface area contributed by atoms with E-state index >= 15 is 0 Å². The van der Waals surface area contributed by atoms with Crippen LogP contribution in [0, 0.1) is 0 Å². The van der Waals surface area contributed by atoms with Crippen molar-refractivity contribution >= 4 is 23.3 Å². The molecule has 0 saturated heterocycles. The van der Waals surface area contributed by atoms with Crippen LogP contribution in [0.3, 0.4) is 0 Å². The summed E-state index contributed by atoms with van der Waals surface area (Å²) in [7, 11) is 0. The zero-order valence-corrected chi connectivity index (χ0v) is 15.5. The Kier molecular flexibility index (Phi) is 6.30. The van der Waals surface area contributed by atoms with Crippen molar-refractivity contribution in [2.24, 2.45) is 0 Å². The lowest BCUT2D eigenvalue weighted by Crippen LogP contribution is -2.38. The molecule has 0 unspecified atom stereocenters. The second kappa shape index (κ2) is 9.07. The van der Waals surface area contributed by atoms with Crippen molar-refractivity contribution in [2.75, 3.05) is 29.9 Å². The van der Waals surface area contributed by atoms with E-state index in [1.807, 2.05) is 25.1 Å². The maximum atomic E-state index is 12.6. The van der Waals surface area contributed by atoms with Crippen LogP contribution in [0.2, 0.25) is 0 Å². The number of aryl methyl sites for hydroxylation is 1. The Hall–Kier alpha value is -3.02. The molecule has 0 saturated carbocycles. The van der Waals surface area contributed by atoms with Gasteiger partial charge in [0.2, 0.25) is 0 Å². The molecule has 142 valence electrons. The molecule has 0 radical (unpaired) electrons. The Labute approximate surface area is 159 Å². The number of carbonyl (C=O) groups excluding carboxylic acids is 2. The zero-order valence-electron chi connectivity index (χ0n) is 15.5. The second-order valence-corrected chi connectivity index (χ2v) is 6.48. The summed E-state index contributed by atoms with van der Waals surface area (Å²) in [5, 5.41) is 5.51. The lowest BCUT2D eigenvalue weighted by Gasteiger charge is -2.29. The fraction of sp³-hybridized carbons (Fsp3) is 0.333. The summed E-state index contributed by atoms with van der Waals surface area (Å²) in [5.74, 6) is 0.475. The number of benzene rings is 2. The number of rotatable bonds is 6. The van der Waals surface area contributed by atoms with Gasteiger partial charge in [-0.3, -0.25) is 4.79 Å². The molecule has 2 aromatic rings. The van der Waals surface area contributed by atoms with Gasteiger partial charge in [0.15, 0.2) is 6.61 Å². The number of hydrogen-bond donors (Lipinski definition) is 2. The average Bonchev–Trinajstić information content (AvgIpc) is 2.70. The molecular weight excluding hydrogens is 342 g/mol. The maximum Gasteiger partial charge on any atom is 0.319 e. The highest BCUT2D eigenvalue weighted by Gasteiger charge is 2.22. The highest BCUT2D eigenvalue weighted by molar-refractivity contribution is 5.95. The number of hydrogen-bond acceptors (Lipinski definition) is 3. The van der Waals surface area contributed by atoms with Crippen molar-refractivity contribution in [1.82, 2.24) is 5.32 Å².